The number of hydrogen-bond donors (Lipinski definition) is 1. The van der Waals surface area contributed by atoms with Crippen LogP contribution in [-0.4, -0.2) is 21.0 Å². The van der Waals surface area contributed by atoms with Crippen LogP contribution in [0.1, 0.15) is 10.4 Å². The van der Waals surface area contributed by atoms with Crippen LogP contribution in [0.25, 0.3) is 0 Å². The summed E-state index contributed by atoms with van der Waals surface area (Å²) in [6.07, 6.45) is 2.95. The number of carbonyl (C=O) groups is 1. The van der Waals surface area contributed by atoms with Gasteiger partial charge in [-0.2, -0.15) is 0 Å². The Kier molecular flexibility index (Phi) is 2.95. The van der Waals surface area contributed by atoms with E-state index >= 15 is 0 Å². The standard InChI is InChI=1S/C11H7FN2O3/c12-9-6-7(2-3-8(9)10(15)16)17-11-13-4-1-5-14-11/h1-6H,(H,15,16). The molecule has 0 fully saturated rings. The zero-order valence-electron chi connectivity index (χ0n) is 8.50. The maximum Gasteiger partial charge on any atom is 0.338 e. The fraction of sp³-hybridized carbons (Fsp3) is 0. The Morgan fingerprint density at radius 2 is 2.00 bits per heavy atom. The van der Waals surface area contributed by atoms with E-state index in [9.17, 15) is 9.18 Å². The quantitative estimate of drug-likeness (QED) is 0.880. The van der Waals surface area contributed by atoms with E-state index in [0.29, 0.717) is 0 Å². The third kappa shape index (κ3) is 2.54. The Morgan fingerprint density at radius 3 is 2.59 bits per heavy atom. The summed E-state index contributed by atoms with van der Waals surface area (Å²) in [7, 11) is 0. The van der Waals surface area contributed by atoms with E-state index < -0.39 is 17.3 Å². The number of rotatable bonds is 3. The van der Waals surface area contributed by atoms with Crippen molar-refractivity contribution in [3.8, 4) is 11.8 Å². The molecule has 6 heteroatoms. The van der Waals surface area contributed by atoms with Gasteiger partial charge in [-0.15, -0.1) is 0 Å². The van der Waals surface area contributed by atoms with Gasteiger partial charge in [0.05, 0.1) is 5.56 Å². The maximum atomic E-state index is 13.3. The molecule has 1 aromatic carbocycles. The van der Waals surface area contributed by atoms with Crippen molar-refractivity contribution >= 4 is 5.97 Å². The number of ether oxygens (including phenoxy) is 1. The average Bonchev–Trinajstić information content (AvgIpc) is 2.30. The zero-order chi connectivity index (χ0) is 12.3. The largest absolute Gasteiger partial charge is 0.478 e. The summed E-state index contributed by atoms with van der Waals surface area (Å²) >= 11 is 0. The molecule has 0 aliphatic carbocycles. The molecule has 0 radical (unpaired) electrons. The molecule has 1 aromatic heterocycles. The van der Waals surface area contributed by atoms with Crippen LogP contribution in [0.15, 0.2) is 36.7 Å². The summed E-state index contributed by atoms with van der Waals surface area (Å²) in [6.45, 7) is 0. The number of aromatic nitrogens is 2. The van der Waals surface area contributed by atoms with Gasteiger partial charge in [-0.1, -0.05) is 0 Å². The second-order valence-corrected chi connectivity index (χ2v) is 3.08. The van der Waals surface area contributed by atoms with E-state index in [1.807, 2.05) is 0 Å². The maximum absolute atomic E-state index is 13.3. The lowest BCUT2D eigenvalue weighted by molar-refractivity contribution is 0.0692. The molecular formula is C11H7FN2O3. The van der Waals surface area contributed by atoms with Crippen LogP contribution in [-0.2, 0) is 0 Å². The van der Waals surface area contributed by atoms with E-state index in [4.69, 9.17) is 9.84 Å². The zero-order valence-corrected chi connectivity index (χ0v) is 8.50. The highest BCUT2D eigenvalue weighted by Crippen LogP contribution is 2.20. The van der Waals surface area contributed by atoms with Crippen LogP contribution in [0.3, 0.4) is 0 Å². The van der Waals surface area contributed by atoms with Crippen LogP contribution in [0.5, 0.6) is 11.8 Å². The first-order valence-corrected chi connectivity index (χ1v) is 4.64. The van der Waals surface area contributed by atoms with Gasteiger partial charge < -0.3 is 9.84 Å². The van der Waals surface area contributed by atoms with Crippen molar-refractivity contribution < 1.29 is 19.0 Å². The number of hydrogen-bond acceptors (Lipinski definition) is 4. The molecule has 17 heavy (non-hydrogen) atoms. The minimum atomic E-state index is -1.33. The van der Waals surface area contributed by atoms with E-state index in [1.54, 1.807) is 6.07 Å². The molecular weight excluding hydrogens is 227 g/mol. The van der Waals surface area contributed by atoms with Gasteiger partial charge in [-0.3, -0.25) is 0 Å². The Balaban J connectivity index is 2.24. The average molecular weight is 234 g/mol. The molecule has 5 nitrogen and oxygen atoms in total. The summed E-state index contributed by atoms with van der Waals surface area (Å²) in [5, 5.41) is 8.64. The minimum absolute atomic E-state index is 0.0648. The summed E-state index contributed by atoms with van der Waals surface area (Å²) in [6, 6.07) is 5.11. The van der Waals surface area contributed by atoms with Crippen LogP contribution < -0.4 is 4.74 Å². The monoisotopic (exact) mass is 234 g/mol. The van der Waals surface area contributed by atoms with Crippen LogP contribution >= 0.6 is 0 Å². The molecule has 2 aromatic rings. The molecule has 0 saturated carbocycles. The van der Waals surface area contributed by atoms with Crippen LogP contribution in [0.4, 0.5) is 4.39 Å². The molecule has 0 bridgehead atoms. The number of nitrogens with zero attached hydrogens (tertiary/aromatic N) is 2. The summed E-state index contributed by atoms with van der Waals surface area (Å²) in [4.78, 5) is 18.2. The van der Waals surface area contributed by atoms with E-state index in [1.165, 1.54) is 18.5 Å². The Morgan fingerprint density at radius 1 is 1.29 bits per heavy atom. The predicted octanol–water partition coefficient (Wildman–Crippen LogP) is 2.11. The third-order valence-corrected chi connectivity index (χ3v) is 1.92. The van der Waals surface area contributed by atoms with Crippen molar-refractivity contribution in [3.05, 3.63) is 48.0 Å². The number of benzene rings is 1. The fourth-order valence-electron chi connectivity index (χ4n) is 1.18. The molecule has 86 valence electrons. The van der Waals surface area contributed by atoms with E-state index in [-0.39, 0.29) is 11.8 Å². The number of carboxylic acids is 1. The van der Waals surface area contributed by atoms with Crippen LogP contribution in [0.2, 0.25) is 0 Å². The molecule has 0 spiro atoms. The van der Waals surface area contributed by atoms with Gasteiger partial charge in [0, 0.05) is 18.5 Å². The smallest absolute Gasteiger partial charge is 0.338 e. The molecule has 0 atom stereocenters. The van der Waals surface area contributed by atoms with Gasteiger partial charge in [-0.05, 0) is 18.2 Å². The number of halogens is 1. The van der Waals surface area contributed by atoms with Crippen LogP contribution in [0, 0.1) is 5.82 Å². The van der Waals surface area contributed by atoms with Gasteiger partial charge >= 0.3 is 12.0 Å². The first kappa shape index (κ1) is 11.0. The van der Waals surface area contributed by atoms with Gasteiger partial charge in [0.15, 0.2) is 0 Å². The van der Waals surface area contributed by atoms with E-state index in [0.717, 1.165) is 12.1 Å². The first-order valence-electron chi connectivity index (χ1n) is 4.64. The Hall–Kier alpha value is -2.50. The topological polar surface area (TPSA) is 72.3 Å². The predicted molar refractivity (Wildman–Crippen MR) is 55.5 cm³/mol. The summed E-state index contributed by atoms with van der Waals surface area (Å²) in [5.41, 5.74) is -0.411. The molecule has 0 saturated heterocycles. The van der Waals surface area contributed by atoms with Gasteiger partial charge in [0.2, 0.25) is 0 Å². The van der Waals surface area contributed by atoms with Gasteiger partial charge in [0.1, 0.15) is 11.6 Å². The van der Waals surface area contributed by atoms with Crippen molar-refractivity contribution in [1.82, 2.24) is 9.97 Å². The second-order valence-electron chi connectivity index (χ2n) is 3.08. The number of carboxylic acid groups (broad SMARTS) is 1. The summed E-state index contributed by atoms with van der Waals surface area (Å²) < 4.78 is 18.4. The van der Waals surface area contributed by atoms with Crippen molar-refractivity contribution in [3.63, 3.8) is 0 Å². The highest BCUT2D eigenvalue weighted by Gasteiger charge is 2.11. The highest BCUT2D eigenvalue weighted by atomic mass is 19.1. The molecule has 0 amide bonds. The second kappa shape index (κ2) is 4.56. The Bertz CT molecular complexity index is 546. The molecule has 0 aliphatic rings. The SMILES string of the molecule is O=C(O)c1ccc(Oc2ncccn2)cc1F. The van der Waals surface area contributed by atoms with Gasteiger partial charge in [-0.25, -0.2) is 19.2 Å². The number of aromatic carboxylic acids is 1. The van der Waals surface area contributed by atoms with Gasteiger partial charge in [0.25, 0.3) is 0 Å². The fourth-order valence-corrected chi connectivity index (χ4v) is 1.18. The lowest BCUT2D eigenvalue weighted by Crippen LogP contribution is -2.00. The Labute approximate surface area is 95.5 Å². The van der Waals surface area contributed by atoms with E-state index in [2.05, 4.69) is 9.97 Å². The first-order chi connectivity index (χ1) is 8.16. The molecule has 1 N–H and O–H groups in total. The summed E-state index contributed by atoms with van der Waals surface area (Å²) in [5.74, 6) is -2.06. The van der Waals surface area contributed by atoms with Crippen molar-refractivity contribution in [2.24, 2.45) is 0 Å². The highest BCUT2D eigenvalue weighted by molar-refractivity contribution is 5.88. The van der Waals surface area contributed by atoms with Crippen molar-refractivity contribution in [1.29, 1.82) is 0 Å². The molecule has 1 heterocycles. The molecule has 0 aliphatic heterocycles. The molecule has 2 rings (SSSR count). The lowest BCUT2D eigenvalue weighted by Gasteiger charge is -2.04. The lowest BCUT2D eigenvalue weighted by atomic mass is 10.2. The van der Waals surface area contributed by atoms with Crippen molar-refractivity contribution in [2.45, 2.75) is 0 Å². The third-order valence-electron chi connectivity index (χ3n) is 1.92. The minimum Gasteiger partial charge on any atom is -0.478 e. The van der Waals surface area contributed by atoms with Crippen molar-refractivity contribution in [2.75, 3.05) is 0 Å². The normalized spacial score (nSPS) is 9.94. The molecule has 0 unspecified atom stereocenters.